The first-order valence-electron chi connectivity index (χ1n) is 6.62. The fraction of sp³-hybridized carbons (Fsp3) is 0.600. The molecule has 3 heteroatoms. The van der Waals surface area contributed by atoms with Crippen LogP contribution in [0, 0.1) is 18.2 Å². The van der Waals surface area contributed by atoms with Gasteiger partial charge in [0.25, 0.3) is 0 Å². The van der Waals surface area contributed by atoms with E-state index in [1.54, 1.807) is 6.07 Å². The fourth-order valence-corrected chi connectivity index (χ4v) is 3.21. The van der Waals surface area contributed by atoms with Gasteiger partial charge in [0.1, 0.15) is 5.82 Å². The van der Waals surface area contributed by atoms with Crippen LogP contribution in [-0.4, -0.2) is 6.04 Å². The van der Waals surface area contributed by atoms with Crippen molar-refractivity contribution in [2.75, 3.05) is 5.32 Å². The quantitative estimate of drug-likeness (QED) is 0.783. The van der Waals surface area contributed by atoms with Crippen LogP contribution in [0.25, 0.3) is 0 Å². The first-order chi connectivity index (χ1) is 8.40. The van der Waals surface area contributed by atoms with Crippen molar-refractivity contribution in [1.82, 2.24) is 0 Å². The number of hydrogen-bond acceptors (Lipinski definition) is 1. The molecule has 0 aromatic heterocycles. The van der Waals surface area contributed by atoms with Crippen molar-refractivity contribution in [2.45, 2.75) is 52.5 Å². The Kier molecular flexibility index (Phi) is 4.00. The lowest BCUT2D eigenvalue weighted by molar-refractivity contribution is 0.217. The van der Waals surface area contributed by atoms with Crippen LogP contribution in [0.2, 0.25) is 0 Å². The minimum Gasteiger partial charge on any atom is -0.381 e. The van der Waals surface area contributed by atoms with E-state index in [0.717, 1.165) is 11.3 Å². The molecule has 1 nitrogen and oxygen atoms in total. The molecule has 1 aromatic rings. The molecule has 0 amide bonds. The first kappa shape index (κ1) is 13.9. The van der Waals surface area contributed by atoms with E-state index in [1.165, 1.54) is 25.7 Å². The lowest BCUT2D eigenvalue weighted by Gasteiger charge is -2.40. The molecule has 1 saturated carbocycles. The van der Waals surface area contributed by atoms with Gasteiger partial charge in [-0.3, -0.25) is 0 Å². The summed E-state index contributed by atoms with van der Waals surface area (Å²) in [5.41, 5.74) is 2.30. The topological polar surface area (TPSA) is 12.0 Å². The Bertz CT molecular complexity index is 442. The molecule has 0 radical (unpaired) electrons. The summed E-state index contributed by atoms with van der Waals surface area (Å²) < 4.78 is 14.2. The van der Waals surface area contributed by atoms with Crippen molar-refractivity contribution in [2.24, 2.45) is 5.41 Å². The van der Waals surface area contributed by atoms with E-state index in [2.05, 4.69) is 35.1 Å². The van der Waals surface area contributed by atoms with Crippen LogP contribution in [0.1, 0.15) is 45.1 Å². The molecule has 0 bridgehead atoms. The van der Waals surface area contributed by atoms with Gasteiger partial charge in [-0.1, -0.05) is 26.7 Å². The maximum Gasteiger partial charge on any atom is 0.139 e. The monoisotopic (exact) mass is 313 g/mol. The number of aryl methyl sites for hydroxylation is 1. The molecule has 1 aliphatic rings. The van der Waals surface area contributed by atoms with Crippen LogP contribution in [0.4, 0.5) is 10.1 Å². The number of hydrogen-bond donors (Lipinski definition) is 1. The van der Waals surface area contributed by atoms with Gasteiger partial charge in [0.05, 0.1) is 4.47 Å². The molecule has 2 rings (SSSR count). The van der Waals surface area contributed by atoms with Crippen LogP contribution in [0.15, 0.2) is 16.6 Å². The Morgan fingerprint density at radius 2 is 2.06 bits per heavy atom. The Hall–Kier alpha value is -0.570. The second-order valence-electron chi connectivity index (χ2n) is 6.01. The third kappa shape index (κ3) is 2.87. The van der Waals surface area contributed by atoms with Crippen molar-refractivity contribution in [3.05, 3.63) is 28.0 Å². The van der Waals surface area contributed by atoms with Crippen molar-refractivity contribution in [1.29, 1.82) is 0 Å². The average molecular weight is 314 g/mol. The predicted octanol–water partition coefficient (Wildman–Crippen LogP) is 5.28. The summed E-state index contributed by atoms with van der Waals surface area (Å²) in [5.74, 6) is -0.197. The highest BCUT2D eigenvalue weighted by Gasteiger charge is 2.32. The number of anilines is 1. The molecular weight excluding hydrogens is 293 g/mol. The van der Waals surface area contributed by atoms with Crippen LogP contribution >= 0.6 is 15.9 Å². The van der Waals surface area contributed by atoms with Gasteiger partial charge in [-0.05, 0) is 58.8 Å². The van der Waals surface area contributed by atoms with Gasteiger partial charge >= 0.3 is 0 Å². The summed E-state index contributed by atoms with van der Waals surface area (Å²) in [5, 5.41) is 3.55. The van der Waals surface area contributed by atoms with E-state index < -0.39 is 0 Å². The van der Waals surface area contributed by atoms with E-state index in [-0.39, 0.29) is 11.2 Å². The molecule has 1 fully saturated rings. The molecule has 1 atom stereocenters. The second kappa shape index (κ2) is 5.20. The van der Waals surface area contributed by atoms with Gasteiger partial charge in [-0.2, -0.15) is 0 Å². The number of nitrogens with one attached hydrogen (secondary N) is 1. The molecular formula is C15H21BrFN. The van der Waals surface area contributed by atoms with Gasteiger partial charge in [0, 0.05) is 11.7 Å². The highest BCUT2D eigenvalue weighted by Crippen LogP contribution is 2.38. The van der Waals surface area contributed by atoms with Crippen molar-refractivity contribution < 1.29 is 4.39 Å². The molecule has 18 heavy (non-hydrogen) atoms. The standard InChI is InChI=1S/C15H21BrFN/c1-10-8-11(16)12(17)9-13(10)18-14-6-4-5-7-15(14,2)3/h8-9,14,18H,4-7H2,1-3H3. The van der Waals surface area contributed by atoms with Gasteiger partial charge in [0.15, 0.2) is 0 Å². The predicted molar refractivity (Wildman–Crippen MR) is 78.5 cm³/mol. The van der Waals surface area contributed by atoms with Crippen molar-refractivity contribution in [3.8, 4) is 0 Å². The Labute approximate surface area is 117 Å². The summed E-state index contributed by atoms with van der Waals surface area (Å²) in [7, 11) is 0. The summed E-state index contributed by atoms with van der Waals surface area (Å²) in [6.07, 6.45) is 4.98. The third-order valence-electron chi connectivity index (χ3n) is 4.10. The molecule has 1 aliphatic carbocycles. The zero-order valence-corrected chi connectivity index (χ0v) is 12.9. The molecule has 0 saturated heterocycles. The molecule has 0 spiro atoms. The molecule has 100 valence electrons. The zero-order chi connectivity index (χ0) is 13.3. The number of halogens is 2. The van der Waals surface area contributed by atoms with Crippen molar-refractivity contribution in [3.63, 3.8) is 0 Å². The average Bonchev–Trinajstić information content (AvgIpc) is 2.28. The molecule has 0 aliphatic heterocycles. The Morgan fingerprint density at radius 3 is 2.72 bits per heavy atom. The van der Waals surface area contributed by atoms with Gasteiger partial charge in [-0.15, -0.1) is 0 Å². The minimum atomic E-state index is -0.197. The smallest absolute Gasteiger partial charge is 0.139 e. The third-order valence-corrected chi connectivity index (χ3v) is 4.71. The molecule has 1 N–H and O–H groups in total. The van der Waals surface area contributed by atoms with Crippen LogP contribution in [0.3, 0.4) is 0 Å². The zero-order valence-electron chi connectivity index (χ0n) is 11.3. The summed E-state index contributed by atoms with van der Waals surface area (Å²) in [6.45, 7) is 6.62. The lowest BCUT2D eigenvalue weighted by atomic mass is 9.73. The fourth-order valence-electron chi connectivity index (χ4n) is 2.75. The van der Waals surface area contributed by atoms with Gasteiger partial charge in [-0.25, -0.2) is 4.39 Å². The highest BCUT2D eigenvalue weighted by atomic mass is 79.9. The number of benzene rings is 1. The Balaban J connectivity index is 2.20. The summed E-state index contributed by atoms with van der Waals surface area (Å²) >= 11 is 3.23. The minimum absolute atomic E-state index is 0.197. The number of rotatable bonds is 2. The largest absolute Gasteiger partial charge is 0.381 e. The molecule has 0 heterocycles. The SMILES string of the molecule is Cc1cc(Br)c(F)cc1NC1CCCCC1(C)C. The summed E-state index contributed by atoms with van der Waals surface area (Å²) in [6, 6.07) is 3.88. The van der Waals surface area contributed by atoms with Gasteiger partial charge < -0.3 is 5.32 Å². The van der Waals surface area contributed by atoms with E-state index in [0.29, 0.717) is 10.5 Å². The van der Waals surface area contributed by atoms with Crippen molar-refractivity contribution >= 4 is 21.6 Å². The lowest BCUT2D eigenvalue weighted by Crippen LogP contribution is -2.39. The van der Waals surface area contributed by atoms with Crippen LogP contribution in [0.5, 0.6) is 0 Å². The van der Waals surface area contributed by atoms with Gasteiger partial charge in [0.2, 0.25) is 0 Å². The normalized spacial score (nSPS) is 22.8. The van der Waals surface area contributed by atoms with E-state index in [9.17, 15) is 4.39 Å². The maximum absolute atomic E-state index is 13.6. The maximum atomic E-state index is 13.6. The van der Waals surface area contributed by atoms with E-state index in [1.807, 2.05) is 13.0 Å². The van der Waals surface area contributed by atoms with Crippen LogP contribution < -0.4 is 5.32 Å². The molecule has 1 unspecified atom stereocenters. The van der Waals surface area contributed by atoms with Crippen LogP contribution in [-0.2, 0) is 0 Å². The van der Waals surface area contributed by atoms with E-state index >= 15 is 0 Å². The highest BCUT2D eigenvalue weighted by molar-refractivity contribution is 9.10. The summed E-state index contributed by atoms with van der Waals surface area (Å²) in [4.78, 5) is 0. The van der Waals surface area contributed by atoms with E-state index in [4.69, 9.17) is 0 Å². The first-order valence-corrected chi connectivity index (χ1v) is 7.41. The second-order valence-corrected chi connectivity index (χ2v) is 6.87. The Morgan fingerprint density at radius 1 is 1.33 bits per heavy atom. The molecule has 1 aromatic carbocycles.